The van der Waals surface area contributed by atoms with E-state index in [2.05, 4.69) is 0 Å². The lowest BCUT2D eigenvalue weighted by atomic mass is 9.89. The summed E-state index contributed by atoms with van der Waals surface area (Å²) >= 11 is 0. The molecule has 1 saturated heterocycles. The van der Waals surface area contributed by atoms with E-state index in [0.29, 0.717) is 12.5 Å². The Bertz CT molecular complexity index is 242. The van der Waals surface area contributed by atoms with E-state index < -0.39 is 5.60 Å². The molecule has 1 fully saturated rings. The van der Waals surface area contributed by atoms with Gasteiger partial charge in [-0.25, -0.2) is 0 Å². The van der Waals surface area contributed by atoms with Gasteiger partial charge in [-0.2, -0.15) is 0 Å². The molecule has 0 aliphatic carbocycles. The normalized spacial score (nSPS) is 20.0. The third kappa shape index (κ3) is 5.50. The Morgan fingerprint density at radius 3 is 2.47 bits per heavy atom. The summed E-state index contributed by atoms with van der Waals surface area (Å²) in [6, 6.07) is 0. The Kier molecular flexibility index (Phi) is 5.40. The molecular formula is C13H25NO3. The van der Waals surface area contributed by atoms with Crippen LogP contribution < -0.4 is 5.73 Å². The smallest absolute Gasteiger partial charge is 0.310 e. The molecule has 0 aromatic rings. The molecular weight excluding hydrogens is 218 g/mol. The van der Waals surface area contributed by atoms with Crippen molar-refractivity contribution >= 4 is 5.97 Å². The van der Waals surface area contributed by atoms with Gasteiger partial charge in [0.1, 0.15) is 5.60 Å². The highest BCUT2D eigenvalue weighted by atomic mass is 16.6. The summed E-state index contributed by atoms with van der Waals surface area (Å²) in [5.41, 5.74) is 5.25. The molecule has 0 amide bonds. The van der Waals surface area contributed by atoms with Gasteiger partial charge in [-0.3, -0.25) is 4.79 Å². The van der Waals surface area contributed by atoms with Crippen LogP contribution in [0.5, 0.6) is 0 Å². The summed E-state index contributed by atoms with van der Waals surface area (Å²) in [5.74, 6) is 0.216. The zero-order valence-electron chi connectivity index (χ0n) is 11.2. The van der Waals surface area contributed by atoms with Crippen LogP contribution in [0.2, 0.25) is 0 Å². The first-order valence-corrected chi connectivity index (χ1v) is 6.43. The van der Waals surface area contributed by atoms with Gasteiger partial charge in [-0.05, 0) is 46.0 Å². The van der Waals surface area contributed by atoms with Crippen LogP contribution in [0.1, 0.15) is 40.0 Å². The number of carbonyl (C=O) groups is 1. The quantitative estimate of drug-likeness (QED) is 0.764. The lowest BCUT2D eigenvalue weighted by Crippen LogP contribution is -2.34. The summed E-state index contributed by atoms with van der Waals surface area (Å²) in [4.78, 5) is 11.9. The molecule has 0 radical (unpaired) electrons. The Labute approximate surface area is 104 Å². The van der Waals surface area contributed by atoms with Crippen molar-refractivity contribution in [1.29, 1.82) is 0 Å². The number of esters is 1. The van der Waals surface area contributed by atoms with E-state index in [-0.39, 0.29) is 11.9 Å². The molecule has 1 heterocycles. The van der Waals surface area contributed by atoms with E-state index in [4.69, 9.17) is 15.2 Å². The van der Waals surface area contributed by atoms with E-state index in [0.717, 1.165) is 32.5 Å². The van der Waals surface area contributed by atoms with Gasteiger partial charge >= 0.3 is 5.97 Å². The maximum absolute atomic E-state index is 11.9. The highest BCUT2D eigenvalue weighted by Gasteiger charge is 2.27. The molecule has 0 aromatic carbocycles. The van der Waals surface area contributed by atoms with Crippen LogP contribution in [-0.4, -0.2) is 31.3 Å². The summed E-state index contributed by atoms with van der Waals surface area (Å²) < 4.78 is 10.7. The fourth-order valence-corrected chi connectivity index (χ4v) is 2.06. The molecule has 1 unspecified atom stereocenters. The zero-order chi connectivity index (χ0) is 12.9. The van der Waals surface area contributed by atoms with Crippen molar-refractivity contribution in [3.05, 3.63) is 0 Å². The molecule has 2 N–H and O–H groups in total. The summed E-state index contributed by atoms with van der Waals surface area (Å²) in [6.07, 6.45) is 2.88. The van der Waals surface area contributed by atoms with Gasteiger partial charge in [0.05, 0.1) is 5.92 Å². The third-order valence-corrected chi connectivity index (χ3v) is 2.98. The van der Waals surface area contributed by atoms with Crippen molar-refractivity contribution < 1.29 is 14.3 Å². The lowest BCUT2D eigenvalue weighted by Gasteiger charge is -2.27. The maximum Gasteiger partial charge on any atom is 0.310 e. The van der Waals surface area contributed by atoms with E-state index in [1.165, 1.54) is 0 Å². The molecule has 0 bridgehead atoms. The molecule has 100 valence electrons. The Morgan fingerprint density at radius 2 is 2.00 bits per heavy atom. The first kappa shape index (κ1) is 14.5. The SMILES string of the molecule is CC(C)(C)OC(=O)C(CN)CC1CCOCC1. The second kappa shape index (κ2) is 6.36. The van der Waals surface area contributed by atoms with Gasteiger partial charge in [-0.1, -0.05) is 0 Å². The second-order valence-corrected chi connectivity index (χ2v) is 5.76. The first-order chi connectivity index (χ1) is 7.92. The lowest BCUT2D eigenvalue weighted by molar-refractivity contribution is -0.160. The highest BCUT2D eigenvalue weighted by Crippen LogP contribution is 2.24. The van der Waals surface area contributed by atoms with Crippen LogP contribution in [0.4, 0.5) is 0 Å². The number of carbonyl (C=O) groups excluding carboxylic acids is 1. The van der Waals surface area contributed by atoms with Crippen LogP contribution in [-0.2, 0) is 14.3 Å². The number of hydrogen-bond donors (Lipinski definition) is 1. The van der Waals surface area contributed by atoms with Crippen molar-refractivity contribution in [3.8, 4) is 0 Å². The van der Waals surface area contributed by atoms with Crippen LogP contribution in [0.3, 0.4) is 0 Å². The number of hydrogen-bond acceptors (Lipinski definition) is 4. The fourth-order valence-electron chi connectivity index (χ4n) is 2.06. The van der Waals surface area contributed by atoms with E-state index in [1.807, 2.05) is 20.8 Å². The van der Waals surface area contributed by atoms with Gasteiger partial charge in [0.25, 0.3) is 0 Å². The predicted molar refractivity (Wildman–Crippen MR) is 66.5 cm³/mol. The average Bonchev–Trinajstić information content (AvgIpc) is 2.24. The highest BCUT2D eigenvalue weighted by molar-refractivity contribution is 5.73. The van der Waals surface area contributed by atoms with Gasteiger partial charge in [0.15, 0.2) is 0 Å². The Morgan fingerprint density at radius 1 is 1.41 bits per heavy atom. The standard InChI is InChI=1S/C13H25NO3/c1-13(2,3)17-12(15)11(9-14)8-10-4-6-16-7-5-10/h10-11H,4-9,14H2,1-3H3. The summed E-state index contributed by atoms with van der Waals surface area (Å²) in [7, 11) is 0. The number of ether oxygens (including phenoxy) is 2. The topological polar surface area (TPSA) is 61.5 Å². The van der Waals surface area contributed by atoms with Gasteiger partial charge in [-0.15, -0.1) is 0 Å². The average molecular weight is 243 g/mol. The van der Waals surface area contributed by atoms with Crippen LogP contribution in [0.25, 0.3) is 0 Å². The van der Waals surface area contributed by atoms with Crippen LogP contribution >= 0.6 is 0 Å². The van der Waals surface area contributed by atoms with Crippen molar-refractivity contribution in [2.75, 3.05) is 19.8 Å². The van der Waals surface area contributed by atoms with Gasteiger partial charge in [0.2, 0.25) is 0 Å². The van der Waals surface area contributed by atoms with Crippen LogP contribution in [0.15, 0.2) is 0 Å². The molecule has 1 atom stereocenters. The third-order valence-electron chi connectivity index (χ3n) is 2.98. The molecule has 4 heteroatoms. The molecule has 1 aliphatic heterocycles. The van der Waals surface area contributed by atoms with Gasteiger partial charge < -0.3 is 15.2 Å². The minimum atomic E-state index is -0.430. The minimum Gasteiger partial charge on any atom is -0.460 e. The van der Waals surface area contributed by atoms with E-state index >= 15 is 0 Å². The van der Waals surface area contributed by atoms with Crippen LogP contribution in [0, 0.1) is 11.8 Å². The Balaban J connectivity index is 2.43. The molecule has 17 heavy (non-hydrogen) atoms. The second-order valence-electron chi connectivity index (χ2n) is 5.76. The van der Waals surface area contributed by atoms with E-state index in [1.54, 1.807) is 0 Å². The molecule has 4 nitrogen and oxygen atoms in total. The fraction of sp³-hybridized carbons (Fsp3) is 0.923. The maximum atomic E-state index is 11.9. The molecule has 1 rings (SSSR count). The zero-order valence-corrected chi connectivity index (χ0v) is 11.2. The van der Waals surface area contributed by atoms with Crippen molar-refractivity contribution in [1.82, 2.24) is 0 Å². The molecule has 0 aromatic heterocycles. The first-order valence-electron chi connectivity index (χ1n) is 6.43. The summed E-state index contributed by atoms with van der Waals surface area (Å²) in [6.45, 7) is 7.62. The number of nitrogens with two attached hydrogens (primary N) is 1. The molecule has 0 saturated carbocycles. The van der Waals surface area contributed by atoms with Crippen molar-refractivity contribution in [2.45, 2.75) is 45.6 Å². The predicted octanol–water partition coefficient (Wildman–Crippen LogP) is 1.72. The largest absolute Gasteiger partial charge is 0.460 e. The monoisotopic (exact) mass is 243 g/mol. The van der Waals surface area contributed by atoms with E-state index in [9.17, 15) is 4.79 Å². The summed E-state index contributed by atoms with van der Waals surface area (Å²) in [5, 5.41) is 0. The van der Waals surface area contributed by atoms with Crippen molar-refractivity contribution in [3.63, 3.8) is 0 Å². The Hall–Kier alpha value is -0.610. The number of rotatable bonds is 4. The molecule has 1 aliphatic rings. The van der Waals surface area contributed by atoms with Gasteiger partial charge in [0, 0.05) is 19.8 Å². The minimum absolute atomic E-state index is 0.161. The molecule has 0 spiro atoms. The van der Waals surface area contributed by atoms with Crippen molar-refractivity contribution in [2.24, 2.45) is 17.6 Å².